The number of fused-ring (bicyclic) bond motifs is 14. The largest absolute Gasteiger partial charge is 0.256 e. The molecule has 0 aliphatic heterocycles. The molecule has 270 valence electrons. The van der Waals surface area contributed by atoms with Gasteiger partial charge in [-0.3, -0.25) is 9.97 Å². The third kappa shape index (κ3) is 4.11. The predicted molar refractivity (Wildman–Crippen MR) is 246 cm³/mol. The molecule has 0 fully saturated rings. The lowest BCUT2D eigenvalue weighted by atomic mass is 9.86. The number of aryl methyl sites for hydroxylation is 4. The summed E-state index contributed by atoms with van der Waals surface area (Å²) in [4.78, 5) is 9.86. The standard InChI is InChI=1S/C56H36N2/c1-29-12-16-35-43(22-29)41(25-47-37-18-14-31(3)51-39-10-6-20-57-55(39)49(53(37)51)27-45(35)47)33-8-5-9-34(24-33)42-26-48-38-19-15-32(4)52-40-11-7-21-58-56(40)50(54(38)52)28-46(48)36-17-13-30(2)23-44(36)42/h5-28H,1-4H3. The Hall–Kier alpha value is -7.16. The lowest BCUT2D eigenvalue weighted by Crippen LogP contribution is -1.91. The molecule has 11 aromatic rings. The first-order valence-corrected chi connectivity index (χ1v) is 20.3. The van der Waals surface area contributed by atoms with E-state index in [9.17, 15) is 0 Å². The average Bonchev–Trinajstić information content (AvgIpc) is 3.77. The first-order chi connectivity index (χ1) is 28.4. The summed E-state index contributed by atoms with van der Waals surface area (Å²) in [6.07, 6.45) is 3.86. The van der Waals surface area contributed by atoms with Gasteiger partial charge in [-0.25, -0.2) is 0 Å². The van der Waals surface area contributed by atoms with Crippen LogP contribution in [0.25, 0.3) is 132 Å². The van der Waals surface area contributed by atoms with Crippen molar-refractivity contribution in [3.8, 4) is 67.0 Å². The molecule has 58 heavy (non-hydrogen) atoms. The average molecular weight is 737 g/mol. The molecule has 0 N–H and O–H groups in total. The van der Waals surface area contributed by atoms with Crippen LogP contribution >= 0.6 is 0 Å². The Balaban J connectivity index is 1.09. The van der Waals surface area contributed by atoms with Crippen LogP contribution in [0.2, 0.25) is 0 Å². The van der Waals surface area contributed by atoms with Gasteiger partial charge in [-0.05, 0) is 179 Å². The van der Waals surface area contributed by atoms with Crippen LogP contribution in [0.5, 0.6) is 0 Å². The quantitative estimate of drug-likeness (QED) is 0.165. The van der Waals surface area contributed by atoms with Crippen LogP contribution in [0.1, 0.15) is 22.3 Å². The van der Waals surface area contributed by atoms with Gasteiger partial charge in [-0.15, -0.1) is 0 Å². The third-order valence-electron chi connectivity index (χ3n) is 13.3. The molecule has 9 aromatic carbocycles. The van der Waals surface area contributed by atoms with Crippen molar-refractivity contribution in [1.82, 2.24) is 9.97 Å². The summed E-state index contributed by atoms with van der Waals surface area (Å²) in [6, 6.07) is 50.8. The second-order valence-electron chi connectivity index (χ2n) is 16.7. The SMILES string of the molecule is Cc1ccc2c(c1)c(-c1cccc(-c3cc4c5ccc(C)c6c5c(cc4c4ccc(C)cc34)-c3ncccc3-6)c1)cc1c3ccc(C)c4c3c(cc21)-c1ncccc1-4. The van der Waals surface area contributed by atoms with Gasteiger partial charge in [0.25, 0.3) is 0 Å². The van der Waals surface area contributed by atoms with Gasteiger partial charge >= 0.3 is 0 Å². The molecule has 0 unspecified atom stereocenters. The number of pyridine rings is 2. The van der Waals surface area contributed by atoms with Crippen LogP contribution in [-0.2, 0) is 0 Å². The summed E-state index contributed by atoms with van der Waals surface area (Å²) in [5, 5.41) is 15.4. The molecule has 0 saturated carbocycles. The van der Waals surface area contributed by atoms with Crippen molar-refractivity contribution in [1.29, 1.82) is 0 Å². The molecule has 2 aliphatic carbocycles. The maximum absolute atomic E-state index is 4.93. The number of hydrogen-bond donors (Lipinski definition) is 0. The van der Waals surface area contributed by atoms with E-state index in [0.717, 1.165) is 11.4 Å². The van der Waals surface area contributed by atoms with E-state index in [2.05, 4.69) is 161 Å². The molecule has 2 aliphatic rings. The Labute approximate surface area is 336 Å². The minimum atomic E-state index is 1.09. The zero-order valence-electron chi connectivity index (χ0n) is 32.8. The molecular formula is C56H36N2. The van der Waals surface area contributed by atoms with Crippen LogP contribution in [-0.4, -0.2) is 9.97 Å². The predicted octanol–water partition coefficient (Wildman–Crippen LogP) is 15.3. The van der Waals surface area contributed by atoms with Crippen molar-refractivity contribution in [3.63, 3.8) is 0 Å². The Morgan fingerprint density at radius 2 is 0.741 bits per heavy atom. The molecule has 0 saturated heterocycles. The zero-order valence-corrected chi connectivity index (χ0v) is 32.8. The van der Waals surface area contributed by atoms with E-state index in [-0.39, 0.29) is 0 Å². The Kier molecular flexibility index (Phi) is 6.20. The van der Waals surface area contributed by atoms with Gasteiger partial charge in [0.2, 0.25) is 0 Å². The molecule has 2 nitrogen and oxygen atoms in total. The van der Waals surface area contributed by atoms with E-state index in [1.807, 2.05) is 12.4 Å². The Morgan fingerprint density at radius 3 is 1.22 bits per heavy atom. The molecule has 0 amide bonds. The first-order valence-electron chi connectivity index (χ1n) is 20.3. The molecule has 13 rings (SSSR count). The summed E-state index contributed by atoms with van der Waals surface area (Å²) in [5.41, 5.74) is 19.8. The number of hydrogen-bond acceptors (Lipinski definition) is 2. The van der Waals surface area contributed by atoms with E-state index >= 15 is 0 Å². The second-order valence-corrected chi connectivity index (χ2v) is 16.7. The third-order valence-corrected chi connectivity index (χ3v) is 13.3. The normalized spacial score (nSPS) is 12.5. The smallest absolute Gasteiger partial charge is 0.0787 e. The monoisotopic (exact) mass is 736 g/mol. The van der Waals surface area contributed by atoms with Gasteiger partial charge in [0.05, 0.1) is 11.4 Å². The summed E-state index contributed by atoms with van der Waals surface area (Å²) >= 11 is 0. The number of nitrogens with zero attached hydrogens (tertiary/aromatic N) is 2. The molecular weight excluding hydrogens is 701 g/mol. The highest BCUT2D eigenvalue weighted by Gasteiger charge is 2.28. The van der Waals surface area contributed by atoms with Crippen LogP contribution in [0.4, 0.5) is 0 Å². The summed E-state index contributed by atoms with van der Waals surface area (Å²) in [7, 11) is 0. The minimum Gasteiger partial charge on any atom is -0.256 e. The molecule has 0 radical (unpaired) electrons. The van der Waals surface area contributed by atoms with Gasteiger partial charge in [0.1, 0.15) is 0 Å². The summed E-state index contributed by atoms with van der Waals surface area (Å²) in [5.74, 6) is 0. The first kappa shape index (κ1) is 32.0. The number of rotatable bonds is 2. The molecule has 0 atom stereocenters. The Morgan fingerprint density at radius 1 is 0.310 bits per heavy atom. The lowest BCUT2D eigenvalue weighted by Gasteiger charge is -2.17. The van der Waals surface area contributed by atoms with Gasteiger partial charge in [-0.2, -0.15) is 0 Å². The van der Waals surface area contributed by atoms with Gasteiger partial charge in [0, 0.05) is 34.6 Å². The number of aromatic nitrogens is 2. The topological polar surface area (TPSA) is 25.8 Å². The van der Waals surface area contributed by atoms with Crippen molar-refractivity contribution < 1.29 is 0 Å². The van der Waals surface area contributed by atoms with Crippen molar-refractivity contribution >= 4 is 64.6 Å². The van der Waals surface area contributed by atoms with Crippen molar-refractivity contribution in [3.05, 3.63) is 168 Å². The molecule has 0 spiro atoms. The Bertz CT molecular complexity index is 3480. The van der Waals surface area contributed by atoms with Crippen molar-refractivity contribution in [2.45, 2.75) is 27.7 Å². The van der Waals surface area contributed by atoms with E-state index in [1.165, 1.54) is 143 Å². The fourth-order valence-corrected chi connectivity index (χ4v) is 10.8. The van der Waals surface area contributed by atoms with E-state index in [4.69, 9.17) is 9.97 Å². The molecule has 2 heteroatoms. The maximum atomic E-state index is 4.93. The van der Waals surface area contributed by atoms with Gasteiger partial charge in [-0.1, -0.05) is 102 Å². The highest BCUT2D eigenvalue weighted by atomic mass is 14.7. The molecule has 0 bridgehead atoms. The minimum absolute atomic E-state index is 1.09. The van der Waals surface area contributed by atoms with E-state index < -0.39 is 0 Å². The van der Waals surface area contributed by atoms with Gasteiger partial charge < -0.3 is 0 Å². The van der Waals surface area contributed by atoms with Crippen LogP contribution < -0.4 is 0 Å². The number of benzene rings is 9. The molecule has 2 heterocycles. The van der Waals surface area contributed by atoms with Crippen LogP contribution in [0.15, 0.2) is 146 Å². The summed E-state index contributed by atoms with van der Waals surface area (Å²) < 4.78 is 0. The van der Waals surface area contributed by atoms with Crippen LogP contribution in [0, 0.1) is 27.7 Å². The lowest BCUT2D eigenvalue weighted by molar-refractivity contribution is 1.34. The van der Waals surface area contributed by atoms with Gasteiger partial charge in [0.15, 0.2) is 0 Å². The zero-order chi connectivity index (χ0) is 38.6. The second kappa shape index (κ2) is 11.2. The highest BCUT2D eigenvalue weighted by Crippen LogP contribution is 2.53. The maximum Gasteiger partial charge on any atom is 0.0787 e. The van der Waals surface area contributed by atoms with E-state index in [0.29, 0.717) is 0 Å². The van der Waals surface area contributed by atoms with Crippen molar-refractivity contribution in [2.75, 3.05) is 0 Å². The fraction of sp³-hybridized carbons (Fsp3) is 0.0714. The fourth-order valence-electron chi connectivity index (χ4n) is 10.8. The molecule has 2 aromatic heterocycles. The summed E-state index contributed by atoms with van der Waals surface area (Å²) in [6.45, 7) is 8.87. The van der Waals surface area contributed by atoms with Crippen LogP contribution in [0.3, 0.4) is 0 Å². The highest BCUT2D eigenvalue weighted by molar-refractivity contribution is 6.30. The van der Waals surface area contributed by atoms with Crippen molar-refractivity contribution in [2.24, 2.45) is 0 Å². The van der Waals surface area contributed by atoms with E-state index in [1.54, 1.807) is 0 Å².